The molecule has 0 radical (unpaired) electrons. The number of non-ortho nitro benzene ring substituents is 1. The Kier molecular flexibility index (Phi) is 6.44. The van der Waals surface area contributed by atoms with Gasteiger partial charge in [0.15, 0.2) is 0 Å². The summed E-state index contributed by atoms with van der Waals surface area (Å²) in [4.78, 5) is 26.3. The molecule has 0 aromatic heterocycles. The van der Waals surface area contributed by atoms with Crippen molar-refractivity contribution in [3.05, 3.63) is 39.9 Å². The van der Waals surface area contributed by atoms with E-state index >= 15 is 0 Å². The third kappa shape index (κ3) is 4.33. The Labute approximate surface area is 180 Å². The lowest BCUT2D eigenvalue weighted by atomic mass is 9.71. The van der Waals surface area contributed by atoms with Crippen LogP contribution in [0, 0.1) is 10.1 Å². The average Bonchev–Trinajstić information content (AvgIpc) is 3.38. The van der Waals surface area contributed by atoms with Crippen molar-refractivity contribution in [2.45, 2.75) is 102 Å². The zero-order chi connectivity index (χ0) is 22.0. The highest BCUT2D eigenvalue weighted by molar-refractivity contribution is 5.71. The molecule has 1 amide bonds. The number of amides is 1. The Hall–Kier alpha value is -2.11. The van der Waals surface area contributed by atoms with E-state index in [1.165, 1.54) is 12.8 Å². The number of nitrogens with zero attached hydrogens (tertiary/aromatic N) is 2. The molecular weight excluding hydrogens is 380 g/mol. The van der Waals surface area contributed by atoms with Gasteiger partial charge in [0.25, 0.3) is 5.69 Å². The second-order valence-electron chi connectivity index (χ2n) is 9.97. The molecule has 166 valence electrons. The number of benzene rings is 1. The molecule has 1 aliphatic carbocycles. The molecule has 1 heterocycles. The number of nitro benzene ring substituents is 1. The quantitative estimate of drug-likeness (QED) is 0.280. The summed E-state index contributed by atoms with van der Waals surface area (Å²) in [5.41, 5.74) is 0.0525. The van der Waals surface area contributed by atoms with Crippen LogP contribution in [-0.4, -0.2) is 33.6 Å². The summed E-state index contributed by atoms with van der Waals surface area (Å²) in [5, 5.41) is 11.4. The van der Waals surface area contributed by atoms with Gasteiger partial charge in [-0.2, -0.15) is 0 Å². The van der Waals surface area contributed by atoms with Crippen molar-refractivity contribution in [1.82, 2.24) is 4.90 Å². The van der Waals surface area contributed by atoms with Gasteiger partial charge in [0.1, 0.15) is 5.60 Å². The number of likely N-dealkylation sites (tertiary alicyclic amines) is 1. The van der Waals surface area contributed by atoms with Gasteiger partial charge in [0.2, 0.25) is 0 Å². The molecule has 0 bridgehead atoms. The molecule has 1 atom stereocenters. The lowest BCUT2D eigenvalue weighted by molar-refractivity contribution is -0.385. The van der Waals surface area contributed by atoms with Gasteiger partial charge in [-0.3, -0.25) is 10.1 Å². The molecule has 30 heavy (non-hydrogen) atoms. The minimum atomic E-state index is -0.546. The van der Waals surface area contributed by atoms with Crippen LogP contribution in [0.15, 0.2) is 24.3 Å². The number of rotatable bonds is 8. The van der Waals surface area contributed by atoms with Gasteiger partial charge in [-0.15, -0.1) is 0 Å². The van der Waals surface area contributed by atoms with Gasteiger partial charge in [0.05, 0.1) is 10.5 Å². The maximum atomic E-state index is 13.2. The number of carbonyl (C=O) groups is 1. The van der Waals surface area contributed by atoms with Crippen LogP contribution in [0.5, 0.6) is 0 Å². The zero-order valence-corrected chi connectivity index (χ0v) is 18.9. The molecule has 2 aliphatic rings. The van der Waals surface area contributed by atoms with Crippen LogP contribution < -0.4 is 0 Å². The molecule has 0 N–H and O–H groups in total. The van der Waals surface area contributed by atoms with Crippen LogP contribution in [0.25, 0.3) is 0 Å². The molecule has 6 heteroatoms. The van der Waals surface area contributed by atoms with Gasteiger partial charge in [-0.1, -0.05) is 44.7 Å². The normalized spacial score (nSPS) is 22.7. The molecular formula is C24H36N2O4. The molecule has 1 aliphatic heterocycles. The smallest absolute Gasteiger partial charge is 0.410 e. The number of hydrogen-bond acceptors (Lipinski definition) is 4. The first-order chi connectivity index (χ1) is 14.2. The van der Waals surface area contributed by atoms with Crippen molar-refractivity contribution in [1.29, 1.82) is 0 Å². The summed E-state index contributed by atoms with van der Waals surface area (Å²) in [5.74, 6) is 0. The predicted octanol–water partition coefficient (Wildman–Crippen LogP) is 6.37. The monoisotopic (exact) mass is 416 g/mol. The van der Waals surface area contributed by atoms with Crippen molar-refractivity contribution >= 4 is 11.8 Å². The molecule has 1 saturated heterocycles. The van der Waals surface area contributed by atoms with E-state index < -0.39 is 5.60 Å². The second kappa shape index (κ2) is 8.56. The third-order valence-electron chi connectivity index (χ3n) is 6.80. The van der Waals surface area contributed by atoms with E-state index in [2.05, 4.69) is 6.92 Å². The topological polar surface area (TPSA) is 72.7 Å². The second-order valence-corrected chi connectivity index (χ2v) is 9.97. The highest BCUT2D eigenvalue weighted by Crippen LogP contribution is 2.63. The first-order valence-electron chi connectivity index (χ1n) is 11.4. The summed E-state index contributed by atoms with van der Waals surface area (Å²) in [6, 6.07) is 7.07. The van der Waals surface area contributed by atoms with E-state index in [0.29, 0.717) is 6.54 Å². The molecule has 1 aromatic carbocycles. The molecule has 1 unspecified atom stereocenters. The van der Waals surface area contributed by atoms with E-state index in [-0.39, 0.29) is 27.7 Å². The van der Waals surface area contributed by atoms with Gasteiger partial charge < -0.3 is 9.64 Å². The van der Waals surface area contributed by atoms with E-state index in [0.717, 1.165) is 50.5 Å². The summed E-state index contributed by atoms with van der Waals surface area (Å²) in [7, 11) is 0. The fourth-order valence-electron chi connectivity index (χ4n) is 5.37. The van der Waals surface area contributed by atoms with E-state index in [1.54, 1.807) is 18.2 Å². The Bertz CT molecular complexity index is 782. The largest absolute Gasteiger partial charge is 0.444 e. The third-order valence-corrected chi connectivity index (χ3v) is 6.80. The molecule has 6 nitrogen and oxygen atoms in total. The Morgan fingerprint density at radius 1 is 1.20 bits per heavy atom. The van der Waals surface area contributed by atoms with Crippen molar-refractivity contribution in [2.24, 2.45) is 0 Å². The fourth-order valence-corrected chi connectivity index (χ4v) is 5.37. The van der Waals surface area contributed by atoms with E-state index in [4.69, 9.17) is 4.74 Å². The highest BCUT2D eigenvalue weighted by Gasteiger charge is 2.65. The molecule has 1 aromatic rings. The standard InChI is InChI=1S/C24H36N2O4/c1-5-6-7-8-13-24(14-10-17-25(24)21(27)30-22(2,3)4)23(15-16-23)19-11-9-12-20(18-19)26(28)29/h9,11-12,18H,5-8,10,13-17H2,1-4H3. The molecule has 2 fully saturated rings. The Morgan fingerprint density at radius 2 is 1.93 bits per heavy atom. The molecule has 1 saturated carbocycles. The van der Waals surface area contributed by atoms with E-state index in [1.807, 2.05) is 31.7 Å². The summed E-state index contributed by atoms with van der Waals surface area (Å²) >= 11 is 0. The van der Waals surface area contributed by atoms with E-state index in [9.17, 15) is 14.9 Å². The van der Waals surface area contributed by atoms with Crippen LogP contribution >= 0.6 is 0 Å². The summed E-state index contributed by atoms with van der Waals surface area (Å²) in [6.07, 6.45) is 9.04. The van der Waals surface area contributed by atoms with Crippen LogP contribution in [0.4, 0.5) is 10.5 Å². The van der Waals surface area contributed by atoms with Gasteiger partial charge in [-0.25, -0.2) is 4.79 Å². The SMILES string of the molecule is CCCCCCC1(C2(c3cccc([N+](=O)[O-])c3)CC2)CCCN1C(=O)OC(C)(C)C. The van der Waals surface area contributed by atoms with Crippen LogP contribution in [-0.2, 0) is 10.2 Å². The lowest BCUT2D eigenvalue weighted by Crippen LogP contribution is -2.56. The average molecular weight is 417 g/mol. The van der Waals surface area contributed by atoms with Crippen LogP contribution in [0.3, 0.4) is 0 Å². The fraction of sp³-hybridized carbons (Fsp3) is 0.708. The van der Waals surface area contributed by atoms with Crippen molar-refractivity contribution in [2.75, 3.05) is 6.54 Å². The van der Waals surface area contributed by atoms with Crippen molar-refractivity contribution < 1.29 is 14.5 Å². The first-order valence-corrected chi connectivity index (χ1v) is 11.4. The summed E-state index contributed by atoms with van der Waals surface area (Å²) < 4.78 is 5.80. The number of carbonyl (C=O) groups excluding carboxylic acids is 1. The van der Waals surface area contributed by atoms with Gasteiger partial charge >= 0.3 is 6.09 Å². The number of nitro groups is 1. The minimum absolute atomic E-state index is 0.127. The highest BCUT2D eigenvalue weighted by atomic mass is 16.6. The maximum absolute atomic E-state index is 13.2. The zero-order valence-electron chi connectivity index (χ0n) is 18.9. The number of ether oxygens (including phenoxy) is 1. The van der Waals surface area contributed by atoms with Crippen LogP contribution in [0.2, 0.25) is 0 Å². The molecule has 0 spiro atoms. The lowest BCUT2D eigenvalue weighted by Gasteiger charge is -2.46. The van der Waals surface area contributed by atoms with Crippen molar-refractivity contribution in [3.63, 3.8) is 0 Å². The number of hydrogen-bond donors (Lipinski definition) is 0. The van der Waals surface area contributed by atoms with Crippen molar-refractivity contribution in [3.8, 4) is 0 Å². The Balaban J connectivity index is 1.98. The summed E-state index contributed by atoms with van der Waals surface area (Å²) in [6.45, 7) is 8.59. The Morgan fingerprint density at radius 3 is 2.53 bits per heavy atom. The number of unbranched alkanes of at least 4 members (excludes halogenated alkanes) is 3. The van der Waals surface area contributed by atoms with Gasteiger partial charge in [-0.05, 0) is 58.4 Å². The van der Waals surface area contributed by atoms with Crippen LogP contribution in [0.1, 0.15) is 91.0 Å². The predicted molar refractivity (Wildman–Crippen MR) is 118 cm³/mol. The molecule has 3 rings (SSSR count). The minimum Gasteiger partial charge on any atom is -0.444 e. The maximum Gasteiger partial charge on any atom is 0.410 e. The van der Waals surface area contributed by atoms with Gasteiger partial charge in [0, 0.05) is 24.1 Å². The first kappa shape index (κ1) is 22.6.